The molecule has 2 heterocycles. The van der Waals surface area contributed by atoms with Crippen molar-refractivity contribution in [3.63, 3.8) is 0 Å². The van der Waals surface area contributed by atoms with Crippen LogP contribution in [-0.2, 0) is 0 Å². The van der Waals surface area contributed by atoms with E-state index in [9.17, 15) is 9.90 Å². The predicted octanol–water partition coefficient (Wildman–Crippen LogP) is 5.20. The van der Waals surface area contributed by atoms with E-state index in [0.29, 0.717) is 5.52 Å². The molecule has 0 bridgehead atoms. The Kier molecular flexibility index (Phi) is 3.43. The average molecular weight is 334 g/mol. The van der Waals surface area contributed by atoms with E-state index in [1.54, 1.807) is 23.5 Å². The highest BCUT2D eigenvalue weighted by Gasteiger charge is 2.12. The topological polar surface area (TPSA) is 62.2 Å². The minimum Gasteiger partial charge on any atom is -0.478 e. The highest BCUT2D eigenvalue weighted by molar-refractivity contribution is 7.18. The summed E-state index contributed by atoms with van der Waals surface area (Å²) in [4.78, 5) is 15.9. The largest absolute Gasteiger partial charge is 0.478 e. The number of aromatic carboxylic acids is 1. The van der Waals surface area contributed by atoms with Gasteiger partial charge in [0.25, 0.3) is 0 Å². The van der Waals surface area contributed by atoms with E-state index in [0.717, 1.165) is 32.5 Å². The van der Waals surface area contributed by atoms with Crippen LogP contribution in [0.15, 0.2) is 53.9 Å². The van der Waals surface area contributed by atoms with Crippen LogP contribution in [0.3, 0.4) is 0 Å². The number of hydrogen-bond donors (Lipinski definition) is 2. The highest BCUT2D eigenvalue weighted by Crippen LogP contribution is 2.35. The second-order valence-electron chi connectivity index (χ2n) is 5.60. The summed E-state index contributed by atoms with van der Waals surface area (Å²) in [6.45, 7) is 2.04. The summed E-state index contributed by atoms with van der Waals surface area (Å²) >= 11 is 1.63. The number of fused-ring (bicyclic) bond motifs is 3. The second kappa shape index (κ2) is 5.62. The summed E-state index contributed by atoms with van der Waals surface area (Å²) in [6.07, 6.45) is 0. The van der Waals surface area contributed by atoms with Crippen LogP contribution in [-0.4, -0.2) is 16.1 Å². The maximum Gasteiger partial charge on any atom is 0.335 e. The van der Waals surface area contributed by atoms with Crippen LogP contribution in [0, 0.1) is 6.92 Å². The highest BCUT2D eigenvalue weighted by atomic mass is 32.1. The van der Waals surface area contributed by atoms with Crippen LogP contribution >= 0.6 is 11.3 Å². The lowest BCUT2D eigenvalue weighted by atomic mass is 10.1. The Labute approximate surface area is 142 Å². The third-order valence-corrected chi connectivity index (χ3v) is 4.99. The van der Waals surface area contributed by atoms with Crippen molar-refractivity contribution in [3.8, 4) is 0 Å². The molecular weight excluding hydrogens is 320 g/mol. The van der Waals surface area contributed by atoms with Gasteiger partial charge >= 0.3 is 5.97 Å². The zero-order chi connectivity index (χ0) is 16.7. The lowest BCUT2D eigenvalue weighted by molar-refractivity contribution is 0.0697. The van der Waals surface area contributed by atoms with Crippen molar-refractivity contribution in [2.45, 2.75) is 6.92 Å². The Morgan fingerprint density at radius 2 is 1.96 bits per heavy atom. The van der Waals surface area contributed by atoms with Gasteiger partial charge in [0.2, 0.25) is 0 Å². The van der Waals surface area contributed by atoms with E-state index in [2.05, 4.69) is 10.3 Å². The molecule has 118 valence electrons. The lowest BCUT2D eigenvalue weighted by Crippen LogP contribution is -1.99. The Bertz CT molecular complexity index is 1090. The first-order valence-corrected chi connectivity index (χ1v) is 8.38. The average Bonchev–Trinajstić information content (AvgIpc) is 3.06. The van der Waals surface area contributed by atoms with Crippen LogP contribution in [0.4, 0.5) is 11.5 Å². The molecule has 2 aromatic carbocycles. The Balaban J connectivity index is 1.94. The molecule has 0 fully saturated rings. The summed E-state index contributed by atoms with van der Waals surface area (Å²) in [6, 6.07) is 15.1. The van der Waals surface area contributed by atoms with E-state index in [4.69, 9.17) is 0 Å². The molecule has 0 spiro atoms. The fraction of sp³-hybridized carbons (Fsp3) is 0.0526. The number of anilines is 2. The number of pyridine rings is 1. The number of carboxylic acids is 1. The minimum atomic E-state index is -0.946. The maximum absolute atomic E-state index is 11.2. The number of benzene rings is 2. The van der Waals surface area contributed by atoms with E-state index in [1.165, 1.54) is 0 Å². The molecular formula is C19H14N2O2S. The van der Waals surface area contributed by atoms with Crippen molar-refractivity contribution < 1.29 is 9.90 Å². The monoisotopic (exact) mass is 334 g/mol. The normalized spacial score (nSPS) is 11.0. The molecule has 5 heteroatoms. The number of aromatic nitrogens is 1. The Morgan fingerprint density at radius 1 is 1.12 bits per heavy atom. The maximum atomic E-state index is 11.2. The summed E-state index contributed by atoms with van der Waals surface area (Å²) < 4.78 is 1.10. The molecule has 4 nitrogen and oxygen atoms in total. The summed E-state index contributed by atoms with van der Waals surface area (Å²) in [5, 5.41) is 16.6. The van der Waals surface area contributed by atoms with Gasteiger partial charge in [-0.05, 0) is 42.1 Å². The number of hydrogen-bond acceptors (Lipinski definition) is 4. The van der Waals surface area contributed by atoms with Gasteiger partial charge in [-0.3, -0.25) is 0 Å². The smallest absolute Gasteiger partial charge is 0.335 e. The third-order valence-electron chi connectivity index (χ3n) is 4.04. The fourth-order valence-corrected chi connectivity index (χ4v) is 3.70. The van der Waals surface area contributed by atoms with Gasteiger partial charge in [0, 0.05) is 21.2 Å². The van der Waals surface area contributed by atoms with Crippen molar-refractivity contribution >= 4 is 49.8 Å². The summed E-state index contributed by atoms with van der Waals surface area (Å²) in [5.41, 5.74) is 3.04. The molecule has 0 saturated heterocycles. The number of aryl methyl sites for hydroxylation is 1. The molecule has 2 aromatic heterocycles. The Hall–Kier alpha value is -2.92. The van der Waals surface area contributed by atoms with Gasteiger partial charge in [-0.1, -0.05) is 24.3 Å². The van der Waals surface area contributed by atoms with Crippen LogP contribution in [0.1, 0.15) is 15.9 Å². The molecule has 0 radical (unpaired) electrons. The first-order chi connectivity index (χ1) is 11.6. The van der Waals surface area contributed by atoms with Gasteiger partial charge in [-0.15, -0.1) is 11.3 Å². The quantitative estimate of drug-likeness (QED) is 0.540. The van der Waals surface area contributed by atoms with Crippen molar-refractivity contribution in [1.82, 2.24) is 4.98 Å². The second-order valence-corrected chi connectivity index (χ2v) is 6.52. The van der Waals surface area contributed by atoms with Crippen molar-refractivity contribution in [3.05, 3.63) is 65.0 Å². The fourth-order valence-electron chi connectivity index (χ4n) is 2.77. The molecule has 4 aromatic rings. The van der Waals surface area contributed by atoms with Crippen molar-refractivity contribution in [2.24, 2.45) is 0 Å². The zero-order valence-corrected chi connectivity index (χ0v) is 13.7. The lowest BCUT2D eigenvalue weighted by Gasteiger charge is -2.11. The number of thiophene rings is 1. The van der Waals surface area contributed by atoms with Crippen LogP contribution in [0.2, 0.25) is 0 Å². The zero-order valence-electron chi connectivity index (χ0n) is 12.9. The number of para-hydroxylation sites is 1. The van der Waals surface area contributed by atoms with Crippen LogP contribution in [0.25, 0.3) is 21.0 Å². The molecule has 2 N–H and O–H groups in total. The number of carbonyl (C=O) groups is 1. The number of nitrogens with one attached hydrogen (secondary N) is 1. The molecule has 0 saturated carbocycles. The van der Waals surface area contributed by atoms with Gasteiger partial charge in [0.15, 0.2) is 0 Å². The standard InChI is InChI=1S/C19H14N2O2S/c1-11-4-2-3-5-15(11)20-18-14-8-9-24-17(14)13-7-6-12(19(22)23)10-16(13)21-18/h2-10H,1H3,(H,20,21)(H,22,23). The predicted molar refractivity (Wildman–Crippen MR) is 98.5 cm³/mol. The van der Waals surface area contributed by atoms with Crippen molar-refractivity contribution in [2.75, 3.05) is 5.32 Å². The molecule has 24 heavy (non-hydrogen) atoms. The van der Waals surface area contributed by atoms with E-state index in [-0.39, 0.29) is 5.56 Å². The van der Waals surface area contributed by atoms with Gasteiger partial charge in [-0.25, -0.2) is 9.78 Å². The van der Waals surface area contributed by atoms with Gasteiger partial charge in [0.05, 0.1) is 11.1 Å². The summed E-state index contributed by atoms with van der Waals surface area (Å²) in [7, 11) is 0. The molecule has 0 aliphatic rings. The van der Waals surface area contributed by atoms with Gasteiger partial charge in [0.1, 0.15) is 5.82 Å². The first-order valence-electron chi connectivity index (χ1n) is 7.50. The SMILES string of the molecule is Cc1ccccc1Nc1nc2cc(C(=O)O)ccc2c2sccc12. The molecule has 0 aliphatic heterocycles. The van der Waals surface area contributed by atoms with Crippen LogP contribution in [0.5, 0.6) is 0 Å². The number of nitrogens with zero attached hydrogens (tertiary/aromatic N) is 1. The molecule has 4 rings (SSSR count). The van der Waals surface area contributed by atoms with E-state index in [1.807, 2.05) is 48.7 Å². The Morgan fingerprint density at radius 3 is 2.75 bits per heavy atom. The van der Waals surface area contributed by atoms with Crippen LogP contribution < -0.4 is 5.32 Å². The van der Waals surface area contributed by atoms with Crippen molar-refractivity contribution in [1.29, 1.82) is 0 Å². The number of rotatable bonds is 3. The molecule has 0 amide bonds. The molecule has 0 aliphatic carbocycles. The van der Waals surface area contributed by atoms with E-state index >= 15 is 0 Å². The first kappa shape index (κ1) is 14.7. The van der Waals surface area contributed by atoms with E-state index < -0.39 is 5.97 Å². The molecule has 0 atom stereocenters. The third kappa shape index (κ3) is 2.39. The number of carboxylic acid groups (broad SMARTS) is 1. The minimum absolute atomic E-state index is 0.243. The molecule has 0 unspecified atom stereocenters. The summed E-state index contributed by atoms with van der Waals surface area (Å²) in [5.74, 6) is -0.200. The van der Waals surface area contributed by atoms with Gasteiger partial charge < -0.3 is 10.4 Å². The van der Waals surface area contributed by atoms with Gasteiger partial charge in [-0.2, -0.15) is 0 Å².